The van der Waals surface area contributed by atoms with Gasteiger partial charge in [0, 0.05) is 17.8 Å². The van der Waals surface area contributed by atoms with Gasteiger partial charge in [-0.3, -0.25) is 14.6 Å². The Labute approximate surface area is 235 Å². The second kappa shape index (κ2) is 11.6. The minimum Gasteiger partial charge on any atom is -0.383 e. The highest BCUT2D eigenvalue weighted by Gasteiger charge is 2.34. The Morgan fingerprint density at radius 3 is 2.65 bits per heavy atom. The van der Waals surface area contributed by atoms with E-state index in [0.29, 0.717) is 30.0 Å². The highest BCUT2D eigenvalue weighted by Crippen LogP contribution is 2.36. The Bertz CT molecular complexity index is 1470. The van der Waals surface area contributed by atoms with E-state index < -0.39 is 11.8 Å². The number of fused-ring (bicyclic) bond motifs is 1. The Morgan fingerprint density at radius 2 is 1.93 bits per heavy atom. The standard InChI is InChI=1S/C31H37N7O2/c1-4-20-14-25(17-34-29(20)33)35-30(39)31(40)38-18-19(2)5-8-27(38)23-7-6-22-13-24(16-32)28(36-26(22)15-23)21-9-11-37(3)12-10-21/h6-7,13-15,17,19,21,27H,4-5,8-12,18H2,1-3H3,(H2,33,34)(H,35,39)/t19-,27+/m0/s1. The number of nitrogens with zero attached hydrogens (tertiary/aromatic N) is 5. The maximum absolute atomic E-state index is 13.5. The summed E-state index contributed by atoms with van der Waals surface area (Å²) in [5.74, 6) is -0.290. The lowest BCUT2D eigenvalue weighted by atomic mass is 9.88. The summed E-state index contributed by atoms with van der Waals surface area (Å²) in [4.78, 5) is 39.7. The molecule has 40 heavy (non-hydrogen) atoms. The second-order valence-corrected chi connectivity index (χ2v) is 11.3. The van der Waals surface area contributed by atoms with Gasteiger partial charge in [0.25, 0.3) is 0 Å². The van der Waals surface area contributed by atoms with Crippen LogP contribution >= 0.6 is 0 Å². The SMILES string of the molecule is CCc1cc(NC(=O)C(=O)N2C[C@@H](C)CC[C@@H]2c2ccc3cc(C#N)c(C4CCN(C)CC4)nc3c2)cnc1N. The van der Waals surface area contributed by atoms with E-state index >= 15 is 0 Å². The maximum Gasteiger partial charge on any atom is 0.313 e. The van der Waals surface area contributed by atoms with E-state index in [-0.39, 0.29) is 17.9 Å². The molecule has 2 aromatic heterocycles. The number of carbonyl (C=O) groups is 2. The van der Waals surface area contributed by atoms with Crippen LogP contribution in [0.25, 0.3) is 10.9 Å². The van der Waals surface area contributed by atoms with Gasteiger partial charge in [0.2, 0.25) is 0 Å². The average molecular weight is 540 g/mol. The lowest BCUT2D eigenvalue weighted by molar-refractivity contribution is -0.146. The van der Waals surface area contributed by atoms with Gasteiger partial charge in [0.1, 0.15) is 11.9 Å². The quantitative estimate of drug-likeness (QED) is 0.471. The van der Waals surface area contributed by atoms with Gasteiger partial charge < -0.3 is 20.9 Å². The van der Waals surface area contributed by atoms with Crippen molar-refractivity contribution in [3.63, 3.8) is 0 Å². The molecule has 208 valence electrons. The molecule has 0 bridgehead atoms. The number of nitrogen functional groups attached to an aromatic ring is 1. The van der Waals surface area contributed by atoms with Crippen LogP contribution in [0, 0.1) is 17.2 Å². The summed E-state index contributed by atoms with van der Waals surface area (Å²) in [6.07, 6.45) is 5.82. The Kier molecular flexibility index (Phi) is 7.99. The number of hydrogen-bond acceptors (Lipinski definition) is 7. The van der Waals surface area contributed by atoms with Crippen LogP contribution in [0.4, 0.5) is 11.5 Å². The molecule has 0 saturated carbocycles. The summed E-state index contributed by atoms with van der Waals surface area (Å²) in [5.41, 5.74) is 10.4. The zero-order valence-corrected chi connectivity index (χ0v) is 23.5. The molecule has 2 aliphatic rings. The maximum atomic E-state index is 13.5. The van der Waals surface area contributed by atoms with Crippen molar-refractivity contribution in [1.29, 1.82) is 5.26 Å². The minimum absolute atomic E-state index is 0.237. The molecule has 0 spiro atoms. The normalized spacial score (nSPS) is 20.3. The van der Waals surface area contributed by atoms with Crippen LogP contribution in [-0.2, 0) is 16.0 Å². The van der Waals surface area contributed by atoms with Gasteiger partial charge in [-0.1, -0.05) is 26.0 Å². The molecule has 3 aromatic rings. The van der Waals surface area contributed by atoms with Crippen LogP contribution in [0.5, 0.6) is 0 Å². The zero-order chi connectivity index (χ0) is 28.4. The molecule has 2 saturated heterocycles. The third-order valence-corrected chi connectivity index (χ3v) is 8.39. The fraction of sp³-hybridized carbons (Fsp3) is 0.452. The highest BCUT2D eigenvalue weighted by molar-refractivity contribution is 6.39. The van der Waals surface area contributed by atoms with Crippen LogP contribution in [0.3, 0.4) is 0 Å². The van der Waals surface area contributed by atoms with Crippen molar-refractivity contribution >= 4 is 34.2 Å². The lowest BCUT2D eigenvalue weighted by Gasteiger charge is -2.38. The lowest BCUT2D eigenvalue weighted by Crippen LogP contribution is -2.46. The molecule has 2 fully saturated rings. The zero-order valence-electron chi connectivity index (χ0n) is 23.5. The van der Waals surface area contributed by atoms with E-state index in [4.69, 9.17) is 10.7 Å². The van der Waals surface area contributed by atoms with Crippen molar-refractivity contribution in [1.82, 2.24) is 19.8 Å². The summed E-state index contributed by atoms with van der Waals surface area (Å²) < 4.78 is 0. The molecular weight excluding hydrogens is 502 g/mol. The Balaban J connectivity index is 1.42. The van der Waals surface area contributed by atoms with Crippen LogP contribution in [0.15, 0.2) is 36.5 Å². The topological polar surface area (TPSA) is 128 Å². The van der Waals surface area contributed by atoms with Gasteiger partial charge in [-0.15, -0.1) is 0 Å². The first-order valence-electron chi connectivity index (χ1n) is 14.2. The predicted octanol–water partition coefficient (Wildman–Crippen LogP) is 4.39. The van der Waals surface area contributed by atoms with Crippen molar-refractivity contribution in [2.75, 3.05) is 37.7 Å². The molecule has 9 heteroatoms. The van der Waals surface area contributed by atoms with Crippen molar-refractivity contribution in [2.24, 2.45) is 5.92 Å². The van der Waals surface area contributed by atoms with Crippen molar-refractivity contribution in [3.05, 3.63) is 58.9 Å². The van der Waals surface area contributed by atoms with Gasteiger partial charge >= 0.3 is 11.8 Å². The van der Waals surface area contributed by atoms with E-state index in [2.05, 4.69) is 35.2 Å². The number of nitrogens with two attached hydrogens (primary N) is 1. The number of nitriles is 1. The van der Waals surface area contributed by atoms with E-state index in [1.807, 2.05) is 31.2 Å². The van der Waals surface area contributed by atoms with E-state index in [9.17, 15) is 14.9 Å². The third kappa shape index (κ3) is 5.63. The van der Waals surface area contributed by atoms with Gasteiger partial charge in [-0.2, -0.15) is 5.26 Å². The van der Waals surface area contributed by atoms with E-state index in [1.54, 1.807) is 11.0 Å². The second-order valence-electron chi connectivity index (χ2n) is 11.3. The molecule has 2 amide bonds. The van der Waals surface area contributed by atoms with Crippen molar-refractivity contribution < 1.29 is 9.59 Å². The molecule has 4 heterocycles. The minimum atomic E-state index is -0.685. The number of carbonyl (C=O) groups excluding carboxylic acids is 2. The molecule has 0 radical (unpaired) electrons. The van der Waals surface area contributed by atoms with Crippen molar-refractivity contribution in [2.45, 2.75) is 57.9 Å². The van der Waals surface area contributed by atoms with Crippen LogP contribution < -0.4 is 11.1 Å². The number of benzene rings is 1. The number of nitrogens with one attached hydrogen (secondary N) is 1. The third-order valence-electron chi connectivity index (χ3n) is 8.39. The first-order chi connectivity index (χ1) is 19.3. The Hall–Kier alpha value is -4.03. The van der Waals surface area contributed by atoms with Gasteiger partial charge in [0.15, 0.2) is 0 Å². The average Bonchev–Trinajstić information content (AvgIpc) is 2.97. The van der Waals surface area contributed by atoms with E-state index in [0.717, 1.165) is 66.5 Å². The molecule has 5 rings (SSSR count). The summed E-state index contributed by atoms with van der Waals surface area (Å²) in [5, 5.41) is 13.5. The molecule has 1 aromatic carbocycles. The van der Waals surface area contributed by atoms with Crippen LogP contribution in [0.2, 0.25) is 0 Å². The van der Waals surface area contributed by atoms with Gasteiger partial charge in [-0.05, 0) is 87.5 Å². The summed E-state index contributed by atoms with van der Waals surface area (Å²) >= 11 is 0. The molecule has 9 nitrogen and oxygen atoms in total. The number of hydrogen-bond donors (Lipinski definition) is 2. The van der Waals surface area contributed by atoms with Crippen LogP contribution in [-0.4, -0.2) is 58.3 Å². The number of rotatable bonds is 4. The van der Waals surface area contributed by atoms with Gasteiger partial charge in [-0.25, -0.2) is 4.98 Å². The summed E-state index contributed by atoms with van der Waals surface area (Å²) in [6.45, 7) is 6.53. The Morgan fingerprint density at radius 1 is 1.15 bits per heavy atom. The fourth-order valence-electron chi connectivity index (χ4n) is 6.00. The highest BCUT2D eigenvalue weighted by atomic mass is 16.2. The molecule has 3 N–H and O–H groups in total. The molecule has 2 atom stereocenters. The van der Waals surface area contributed by atoms with Crippen molar-refractivity contribution in [3.8, 4) is 6.07 Å². The van der Waals surface area contributed by atoms with Crippen LogP contribution in [0.1, 0.15) is 73.9 Å². The molecular formula is C31H37N7O2. The number of aryl methyl sites for hydroxylation is 1. The molecule has 0 aliphatic carbocycles. The summed E-state index contributed by atoms with van der Waals surface area (Å²) in [6, 6.07) is 11.8. The van der Waals surface area contributed by atoms with E-state index in [1.165, 1.54) is 6.20 Å². The number of amides is 2. The summed E-state index contributed by atoms with van der Waals surface area (Å²) in [7, 11) is 2.12. The van der Waals surface area contributed by atoms with Gasteiger partial charge in [0.05, 0.1) is 34.7 Å². The first kappa shape index (κ1) is 27.5. The fourth-order valence-corrected chi connectivity index (χ4v) is 6.00. The number of anilines is 2. The number of piperidine rings is 2. The monoisotopic (exact) mass is 539 g/mol. The number of pyridine rings is 2. The number of aromatic nitrogens is 2. The molecule has 0 unspecified atom stereocenters. The molecule has 2 aliphatic heterocycles. The smallest absolute Gasteiger partial charge is 0.313 e. The first-order valence-corrected chi connectivity index (χ1v) is 14.2. The largest absolute Gasteiger partial charge is 0.383 e. The number of likely N-dealkylation sites (tertiary alicyclic amines) is 2. The predicted molar refractivity (Wildman–Crippen MR) is 155 cm³/mol.